The third kappa shape index (κ3) is 1.30. The fourth-order valence-corrected chi connectivity index (χ4v) is 4.23. The third-order valence-electron chi connectivity index (χ3n) is 3.21. The lowest BCUT2D eigenvalue weighted by atomic mass is 10.00. The summed E-state index contributed by atoms with van der Waals surface area (Å²) >= 11 is 3.13. The molecule has 90 valence electrons. The zero-order valence-corrected chi connectivity index (χ0v) is 10.9. The maximum Gasteiger partial charge on any atom is 0.241 e. The number of benzene rings is 1. The number of amides is 1. The van der Waals surface area contributed by atoms with Crippen LogP contribution in [0.5, 0.6) is 0 Å². The summed E-state index contributed by atoms with van der Waals surface area (Å²) in [5.74, 6) is 0.590. The van der Waals surface area contributed by atoms with Crippen LogP contribution in [0.3, 0.4) is 0 Å². The van der Waals surface area contributed by atoms with Gasteiger partial charge < -0.3 is 5.73 Å². The van der Waals surface area contributed by atoms with Crippen LogP contribution in [-0.4, -0.2) is 17.2 Å². The van der Waals surface area contributed by atoms with Gasteiger partial charge in [0.2, 0.25) is 5.91 Å². The van der Waals surface area contributed by atoms with E-state index in [0.717, 1.165) is 26.7 Å². The molecule has 1 aromatic rings. The average molecular weight is 275 g/mol. The Bertz CT molecular complexity index is 638. The molecule has 0 bridgehead atoms. The summed E-state index contributed by atoms with van der Waals surface area (Å²) in [5, 5.41) is 0. The summed E-state index contributed by atoms with van der Waals surface area (Å²) in [4.78, 5) is 20.4. The smallest absolute Gasteiger partial charge is 0.241 e. The van der Waals surface area contributed by atoms with E-state index in [4.69, 9.17) is 5.73 Å². The molecule has 0 aromatic heterocycles. The number of hydrogen-bond donors (Lipinski definition) is 1. The molecule has 0 fully saturated rings. The number of fused-ring (bicyclic) bond motifs is 2. The van der Waals surface area contributed by atoms with Crippen LogP contribution in [0.15, 0.2) is 33.1 Å². The van der Waals surface area contributed by atoms with Gasteiger partial charge in [-0.2, -0.15) is 0 Å². The molecule has 0 radical (unpaired) electrons. The van der Waals surface area contributed by atoms with Crippen molar-refractivity contribution < 1.29 is 4.79 Å². The highest BCUT2D eigenvalue weighted by Gasteiger charge is 2.36. The van der Waals surface area contributed by atoms with Crippen molar-refractivity contribution in [3.63, 3.8) is 0 Å². The van der Waals surface area contributed by atoms with Gasteiger partial charge in [-0.15, -0.1) is 11.8 Å². The minimum atomic E-state index is 0.0231. The summed E-state index contributed by atoms with van der Waals surface area (Å²) in [6.45, 7) is 0. The van der Waals surface area contributed by atoms with Crippen LogP contribution in [0.2, 0.25) is 0 Å². The molecule has 2 N–H and O–H groups in total. The Labute approximate surface area is 112 Å². The van der Waals surface area contributed by atoms with Crippen molar-refractivity contribution in [1.29, 1.82) is 0 Å². The van der Waals surface area contributed by atoms with E-state index in [2.05, 4.69) is 4.99 Å². The standard InChI is InChI=1S/C12H9N3OS2/c13-6-1-7-11-9(18-5-14-11)3-15-10(16)4-17-8(2-6)12(7)15/h1-3,5,11H,4,13H2. The van der Waals surface area contributed by atoms with Crippen LogP contribution < -0.4 is 10.6 Å². The maximum atomic E-state index is 12.0. The summed E-state index contributed by atoms with van der Waals surface area (Å²) in [7, 11) is 0. The van der Waals surface area contributed by atoms with Gasteiger partial charge in [0.1, 0.15) is 6.04 Å². The topological polar surface area (TPSA) is 58.7 Å². The van der Waals surface area contributed by atoms with Crippen molar-refractivity contribution in [2.24, 2.45) is 4.99 Å². The molecule has 1 unspecified atom stereocenters. The first-order valence-electron chi connectivity index (χ1n) is 5.52. The minimum Gasteiger partial charge on any atom is -0.399 e. The first kappa shape index (κ1) is 10.5. The molecule has 3 aliphatic rings. The molecule has 1 atom stereocenters. The van der Waals surface area contributed by atoms with E-state index in [0.29, 0.717) is 5.75 Å². The first-order chi connectivity index (χ1) is 8.74. The molecule has 0 saturated heterocycles. The molecule has 6 heteroatoms. The Morgan fingerprint density at radius 1 is 1.44 bits per heavy atom. The lowest BCUT2D eigenvalue weighted by Gasteiger charge is -2.34. The van der Waals surface area contributed by atoms with Crippen LogP contribution >= 0.6 is 23.5 Å². The lowest BCUT2D eigenvalue weighted by molar-refractivity contribution is -0.115. The zero-order chi connectivity index (χ0) is 12.3. The second kappa shape index (κ2) is 3.55. The van der Waals surface area contributed by atoms with Crippen molar-refractivity contribution in [1.82, 2.24) is 0 Å². The van der Waals surface area contributed by atoms with E-state index in [-0.39, 0.29) is 11.9 Å². The fourth-order valence-electron chi connectivity index (χ4n) is 2.45. The number of aliphatic imine (C=N–C) groups is 1. The van der Waals surface area contributed by atoms with Gasteiger partial charge in [-0.25, -0.2) is 0 Å². The van der Waals surface area contributed by atoms with Crippen molar-refractivity contribution in [3.8, 4) is 0 Å². The Morgan fingerprint density at radius 2 is 2.33 bits per heavy atom. The van der Waals surface area contributed by atoms with Crippen molar-refractivity contribution >= 4 is 46.4 Å². The molecule has 0 saturated carbocycles. The number of rotatable bonds is 0. The average Bonchev–Trinajstić information content (AvgIpc) is 2.81. The Kier molecular flexibility index (Phi) is 2.07. The fraction of sp³-hybridized carbons (Fsp3) is 0.167. The quantitative estimate of drug-likeness (QED) is 0.739. The third-order valence-corrected chi connectivity index (χ3v) is 5.05. The summed E-state index contributed by atoms with van der Waals surface area (Å²) in [5.41, 5.74) is 10.5. The highest BCUT2D eigenvalue weighted by atomic mass is 32.2. The Balaban J connectivity index is 2.02. The summed E-state index contributed by atoms with van der Waals surface area (Å²) < 4.78 is 0. The zero-order valence-electron chi connectivity index (χ0n) is 9.29. The van der Waals surface area contributed by atoms with Crippen molar-refractivity contribution in [2.45, 2.75) is 10.9 Å². The van der Waals surface area contributed by atoms with E-state index < -0.39 is 0 Å². The maximum absolute atomic E-state index is 12.0. The van der Waals surface area contributed by atoms with Crippen LogP contribution in [0.25, 0.3) is 0 Å². The van der Waals surface area contributed by atoms with Gasteiger partial charge in [-0.1, -0.05) is 11.8 Å². The van der Waals surface area contributed by atoms with E-state index in [9.17, 15) is 4.79 Å². The van der Waals surface area contributed by atoms with Gasteiger partial charge in [0.15, 0.2) is 0 Å². The molecule has 1 amide bonds. The van der Waals surface area contributed by atoms with Crippen molar-refractivity contribution in [3.05, 3.63) is 28.8 Å². The van der Waals surface area contributed by atoms with Gasteiger partial charge in [0.05, 0.1) is 17.0 Å². The van der Waals surface area contributed by atoms with Gasteiger partial charge in [-0.05, 0) is 12.1 Å². The monoisotopic (exact) mass is 275 g/mol. The Morgan fingerprint density at radius 3 is 3.22 bits per heavy atom. The summed E-state index contributed by atoms with van der Waals surface area (Å²) in [6.07, 6.45) is 1.92. The van der Waals surface area contributed by atoms with Crippen LogP contribution in [0, 0.1) is 0 Å². The van der Waals surface area contributed by atoms with Gasteiger partial charge in [0.25, 0.3) is 0 Å². The molecule has 3 aliphatic heterocycles. The van der Waals surface area contributed by atoms with E-state index >= 15 is 0 Å². The molecule has 18 heavy (non-hydrogen) atoms. The minimum absolute atomic E-state index is 0.0231. The van der Waals surface area contributed by atoms with Gasteiger partial charge in [0, 0.05) is 27.3 Å². The molecule has 4 rings (SSSR count). The second-order valence-corrected chi connectivity index (χ2v) is 6.25. The molecule has 0 aliphatic carbocycles. The molecule has 4 nitrogen and oxygen atoms in total. The number of anilines is 2. The number of carbonyl (C=O) groups is 1. The number of nitrogen functional groups attached to an aromatic ring is 1. The number of thioether (sulfide) groups is 2. The van der Waals surface area contributed by atoms with Crippen LogP contribution in [0.1, 0.15) is 11.6 Å². The largest absolute Gasteiger partial charge is 0.399 e. The van der Waals surface area contributed by atoms with E-state index in [1.807, 2.05) is 23.9 Å². The molecular formula is C12H9N3OS2. The molecular weight excluding hydrogens is 266 g/mol. The van der Waals surface area contributed by atoms with Crippen molar-refractivity contribution in [2.75, 3.05) is 16.4 Å². The number of carbonyl (C=O) groups excluding carboxylic acids is 1. The SMILES string of the molecule is Nc1cc2c3c(c1)C1N=CSC1=CN3C(=O)CS2. The van der Waals surface area contributed by atoms with Crippen LogP contribution in [0.4, 0.5) is 11.4 Å². The predicted octanol–water partition coefficient (Wildman–Crippen LogP) is 2.38. The van der Waals surface area contributed by atoms with Gasteiger partial charge in [-0.3, -0.25) is 14.7 Å². The number of nitrogens with two attached hydrogens (primary N) is 1. The highest BCUT2D eigenvalue weighted by molar-refractivity contribution is 8.15. The number of hydrogen-bond acceptors (Lipinski definition) is 5. The molecule has 3 heterocycles. The Hall–Kier alpha value is -1.40. The number of nitrogens with zero attached hydrogens (tertiary/aromatic N) is 2. The van der Waals surface area contributed by atoms with E-state index in [1.165, 1.54) is 0 Å². The van der Waals surface area contributed by atoms with E-state index in [1.54, 1.807) is 28.4 Å². The van der Waals surface area contributed by atoms with Crippen LogP contribution in [-0.2, 0) is 4.79 Å². The second-order valence-electron chi connectivity index (χ2n) is 4.32. The molecule has 0 spiro atoms. The predicted molar refractivity (Wildman–Crippen MR) is 76.0 cm³/mol. The normalized spacial score (nSPS) is 23.8. The summed E-state index contributed by atoms with van der Waals surface area (Å²) in [6, 6.07) is 3.90. The lowest BCUT2D eigenvalue weighted by Crippen LogP contribution is -2.34. The molecule has 1 aromatic carbocycles. The highest BCUT2D eigenvalue weighted by Crippen LogP contribution is 2.51. The first-order valence-corrected chi connectivity index (χ1v) is 7.39. The van der Waals surface area contributed by atoms with Gasteiger partial charge >= 0.3 is 0 Å².